The van der Waals surface area contributed by atoms with Crippen molar-refractivity contribution in [1.29, 1.82) is 5.26 Å². The molecule has 23 heavy (non-hydrogen) atoms. The number of hydrogen-bond donors (Lipinski definition) is 1. The van der Waals surface area contributed by atoms with Crippen molar-refractivity contribution in [1.82, 2.24) is 14.5 Å². The second-order valence-electron chi connectivity index (χ2n) is 5.66. The van der Waals surface area contributed by atoms with Crippen LogP contribution in [0.2, 0.25) is 0 Å². The molecule has 7 nitrogen and oxygen atoms in total. The molecule has 0 aliphatic carbocycles. The van der Waals surface area contributed by atoms with Crippen LogP contribution in [0.4, 0.5) is 0 Å². The van der Waals surface area contributed by atoms with Crippen LogP contribution >= 0.6 is 0 Å². The van der Waals surface area contributed by atoms with E-state index in [0.29, 0.717) is 51.3 Å². The minimum atomic E-state index is -3.61. The Labute approximate surface area is 135 Å². The molecular weight excluding hydrogens is 316 g/mol. The summed E-state index contributed by atoms with van der Waals surface area (Å²) < 4.78 is 26.9. The first-order valence-electron chi connectivity index (χ1n) is 7.53. The summed E-state index contributed by atoms with van der Waals surface area (Å²) in [6.07, 6.45) is 0.717. The molecule has 122 valence electrons. The van der Waals surface area contributed by atoms with Crippen LogP contribution in [0.1, 0.15) is 15.9 Å². The molecule has 1 amide bonds. The summed E-state index contributed by atoms with van der Waals surface area (Å²) in [5.41, 5.74) is 1.33. The van der Waals surface area contributed by atoms with Crippen molar-refractivity contribution in [3.05, 3.63) is 29.3 Å². The van der Waals surface area contributed by atoms with Gasteiger partial charge >= 0.3 is 0 Å². The van der Waals surface area contributed by atoms with Crippen LogP contribution in [0.3, 0.4) is 0 Å². The predicted molar refractivity (Wildman–Crippen MR) is 83.3 cm³/mol. The Kier molecular flexibility index (Phi) is 4.35. The summed E-state index contributed by atoms with van der Waals surface area (Å²) in [5, 5.41) is 11.4. The van der Waals surface area contributed by atoms with Crippen LogP contribution in [-0.4, -0.2) is 62.8 Å². The number of carbonyl (C=O) groups excluding carboxylic acids is 1. The first-order chi connectivity index (χ1) is 11.0. The molecule has 0 radical (unpaired) electrons. The summed E-state index contributed by atoms with van der Waals surface area (Å²) in [4.78, 5) is 14.0. The summed E-state index contributed by atoms with van der Waals surface area (Å²) in [6, 6.07) is 6.86. The van der Waals surface area contributed by atoms with Crippen LogP contribution in [0.15, 0.2) is 23.1 Å². The van der Waals surface area contributed by atoms with Crippen LogP contribution in [0.5, 0.6) is 0 Å². The second-order valence-corrected chi connectivity index (χ2v) is 7.60. The van der Waals surface area contributed by atoms with Crippen molar-refractivity contribution < 1.29 is 13.2 Å². The lowest BCUT2D eigenvalue weighted by Gasteiger charge is -2.32. The van der Waals surface area contributed by atoms with Gasteiger partial charge in [-0.15, -0.1) is 0 Å². The maximum atomic E-state index is 12.8. The fourth-order valence-corrected chi connectivity index (χ4v) is 4.38. The molecule has 2 aliphatic heterocycles. The van der Waals surface area contributed by atoms with Crippen molar-refractivity contribution in [2.45, 2.75) is 11.3 Å². The number of nitrogens with zero attached hydrogens (tertiary/aromatic N) is 3. The van der Waals surface area contributed by atoms with E-state index in [0.717, 1.165) is 5.56 Å². The van der Waals surface area contributed by atoms with Gasteiger partial charge in [-0.3, -0.25) is 9.69 Å². The normalized spacial score (nSPS) is 19.7. The number of benzene rings is 1. The minimum Gasteiger partial charge on any atom is -0.352 e. The van der Waals surface area contributed by atoms with Gasteiger partial charge in [0.1, 0.15) is 0 Å². The Balaban J connectivity index is 1.82. The number of rotatable bonds is 3. The Morgan fingerprint density at radius 2 is 1.96 bits per heavy atom. The van der Waals surface area contributed by atoms with Gasteiger partial charge in [0.05, 0.1) is 17.5 Å². The van der Waals surface area contributed by atoms with E-state index < -0.39 is 10.0 Å². The van der Waals surface area contributed by atoms with Crippen molar-refractivity contribution in [3.8, 4) is 6.07 Å². The first kappa shape index (κ1) is 15.9. The predicted octanol–water partition coefficient (Wildman–Crippen LogP) is -0.198. The van der Waals surface area contributed by atoms with E-state index in [9.17, 15) is 13.2 Å². The quantitative estimate of drug-likeness (QED) is 0.773. The fourth-order valence-electron chi connectivity index (χ4n) is 2.93. The second kappa shape index (κ2) is 6.28. The molecule has 1 saturated heterocycles. The van der Waals surface area contributed by atoms with Crippen LogP contribution in [0.25, 0.3) is 0 Å². The molecule has 0 aromatic heterocycles. The SMILES string of the molecule is N#CCN1CCN(S(=O)(=O)c2ccc3c(c2)C(=O)NCC3)CC1. The molecule has 1 N–H and O–H groups in total. The zero-order chi connectivity index (χ0) is 16.4. The topological polar surface area (TPSA) is 93.5 Å². The van der Waals surface area contributed by atoms with Gasteiger partial charge in [0.15, 0.2) is 0 Å². The van der Waals surface area contributed by atoms with Crippen molar-refractivity contribution >= 4 is 15.9 Å². The number of piperazine rings is 1. The van der Waals surface area contributed by atoms with Gasteiger partial charge in [-0.25, -0.2) is 8.42 Å². The molecule has 0 spiro atoms. The highest BCUT2D eigenvalue weighted by Crippen LogP contribution is 2.22. The summed E-state index contributed by atoms with van der Waals surface area (Å²) in [6.45, 7) is 2.68. The molecule has 2 aliphatic rings. The van der Waals surface area contributed by atoms with E-state index in [4.69, 9.17) is 5.26 Å². The van der Waals surface area contributed by atoms with Gasteiger partial charge in [-0.1, -0.05) is 6.07 Å². The molecule has 0 unspecified atom stereocenters. The fraction of sp³-hybridized carbons (Fsp3) is 0.467. The molecule has 1 fully saturated rings. The van der Waals surface area contributed by atoms with E-state index in [-0.39, 0.29) is 10.8 Å². The zero-order valence-electron chi connectivity index (χ0n) is 12.7. The van der Waals surface area contributed by atoms with Gasteiger partial charge < -0.3 is 5.32 Å². The Morgan fingerprint density at radius 3 is 2.65 bits per heavy atom. The average Bonchev–Trinajstić information content (AvgIpc) is 2.56. The number of amides is 1. The molecule has 8 heteroatoms. The number of nitrogens with one attached hydrogen (secondary N) is 1. The largest absolute Gasteiger partial charge is 0.352 e. The number of fused-ring (bicyclic) bond motifs is 1. The average molecular weight is 334 g/mol. The summed E-state index contributed by atoms with van der Waals surface area (Å²) in [5.74, 6) is -0.220. The van der Waals surface area contributed by atoms with Crippen molar-refractivity contribution in [3.63, 3.8) is 0 Å². The lowest BCUT2D eigenvalue weighted by Crippen LogP contribution is -2.48. The van der Waals surface area contributed by atoms with Gasteiger partial charge in [-0.2, -0.15) is 9.57 Å². The third kappa shape index (κ3) is 3.08. The van der Waals surface area contributed by atoms with Gasteiger partial charge in [0, 0.05) is 38.3 Å². The summed E-state index contributed by atoms with van der Waals surface area (Å²) in [7, 11) is -3.61. The number of hydrogen-bond acceptors (Lipinski definition) is 5. The van der Waals surface area contributed by atoms with Crippen LogP contribution in [-0.2, 0) is 16.4 Å². The first-order valence-corrected chi connectivity index (χ1v) is 8.97. The van der Waals surface area contributed by atoms with Crippen molar-refractivity contribution in [2.24, 2.45) is 0 Å². The van der Waals surface area contributed by atoms with Crippen LogP contribution in [0, 0.1) is 11.3 Å². The highest BCUT2D eigenvalue weighted by Gasteiger charge is 2.29. The number of sulfonamides is 1. The molecule has 3 rings (SSSR count). The molecule has 0 atom stereocenters. The van der Waals surface area contributed by atoms with Gasteiger partial charge in [0.25, 0.3) is 5.91 Å². The Bertz CT molecular complexity index is 761. The van der Waals surface area contributed by atoms with Gasteiger partial charge in [-0.05, 0) is 24.1 Å². The van der Waals surface area contributed by atoms with E-state index in [2.05, 4.69) is 11.4 Å². The zero-order valence-corrected chi connectivity index (χ0v) is 13.5. The minimum absolute atomic E-state index is 0.155. The Morgan fingerprint density at radius 1 is 1.22 bits per heavy atom. The maximum absolute atomic E-state index is 12.8. The molecule has 1 aromatic rings. The van der Waals surface area contributed by atoms with E-state index in [1.54, 1.807) is 12.1 Å². The van der Waals surface area contributed by atoms with E-state index in [1.807, 2.05) is 4.90 Å². The highest BCUT2D eigenvalue weighted by molar-refractivity contribution is 7.89. The monoisotopic (exact) mass is 334 g/mol. The maximum Gasteiger partial charge on any atom is 0.251 e. The lowest BCUT2D eigenvalue weighted by atomic mass is 10.0. The Hall–Kier alpha value is -1.95. The van der Waals surface area contributed by atoms with E-state index in [1.165, 1.54) is 10.4 Å². The van der Waals surface area contributed by atoms with Crippen molar-refractivity contribution in [2.75, 3.05) is 39.3 Å². The lowest BCUT2D eigenvalue weighted by molar-refractivity contribution is 0.0945. The third-order valence-corrected chi connectivity index (χ3v) is 6.16. The van der Waals surface area contributed by atoms with Crippen LogP contribution < -0.4 is 5.32 Å². The summed E-state index contributed by atoms with van der Waals surface area (Å²) >= 11 is 0. The van der Waals surface area contributed by atoms with E-state index >= 15 is 0 Å². The number of carbonyl (C=O) groups is 1. The standard InChI is InChI=1S/C15H18N4O3S/c16-4-6-18-7-9-19(10-8-18)23(21,22)13-2-1-12-3-5-17-15(20)14(12)11-13/h1-2,11H,3,5-10H2,(H,17,20). The smallest absolute Gasteiger partial charge is 0.251 e. The molecule has 0 bridgehead atoms. The molecular formula is C15H18N4O3S. The molecule has 0 saturated carbocycles. The van der Waals surface area contributed by atoms with Gasteiger partial charge in [0.2, 0.25) is 10.0 Å². The molecule has 1 aromatic carbocycles. The molecule has 2 heterocycles. The highest BCUT2D eigenvalue weighted by atomic mass is 32.2. The third-order valence-electron chi connectivity index (χ3n) is 4.27. The number of nitriles is 1.